The van der Waals surface area contributed by atoms with Crippen molar-refractivity contribution in [3.63, 3.8) is 0 Å². The van der Waals surface area contributed by atoms with Crippen molar-refractivity contribution in [3.8, 4) is 17.2 Å². The van der Waals surface area contributed by atoms with Gasteiger partial charge >= 0.3 is 0 Å². The SMILES string of the molecule is N#Cc1cc2c(cn1)-c1ccc(Cl)cc1C2=O. The molecule has 17 heavy (non-hydrogen) atoms. The standard InChI is InChI=1S/C13H5ClN2O/c14-7-1-2-9-10(3-7)13(17)11-4-8(5-15)16-6-12(9)11/h1-4,6H. The zero-order valence-corrected chi connectivity index (χ0v) is 9.32. The molecule has 3 nitrogen and oxygen atoms in total. The van der Waals surface area contributed by atoms with Gasteiger partial charge in [-0.1, -0.05) is 17.7 Å². The lowest BCUT2D eigenvalue weighted by atomic mass is 10.1. The second-order valence-electron chi connectivity index (χ2n) is 3.75. The van der Waals surface area contributed by atoms with Gasteiger partial charge in [-0.15, -0.1) is 0 Å². The van der Waals surface area contributed by atoms with Gasteiger partial charge in [0, 0.05) is 27.9 Å². The Morgan fingerprint density at radius 3 is 2.65 bits per heavy atom. The minimum absolute atomic E-state index is 0.101. The second kappa shape index (κ2) is 3.41. The first kappa shape index (κ1) is 10.0. The molecule has 0 saturated heterocycles. The fourth-order valence-corrected chi connectivity index (χ4v) is 2.18. The van der Waals surface area contributed by atoms with Crippen molar-refractivity contribution in [3.05, 3.63) is 52.3 Å². The van der Waals surface area contributed by atoms with Crippen LogP contribution in [0, 0.1) is 11.3 Å². The summed E-state index contributed by atoms with van der Waals surface area (Å²) in [6.45, 7) is 0. The summed E-state index contributed by atoms with van der Waals surface area (Å²) >= 11 is 5.87. The average Bonchev–Trinajstić information content (AvgIpc) is 2.62. The van der Waals surface area contributed by atoms with E-state index in [1.165, 1.54) is 6.07 Å². The quantitative estimate of drug-likeness (QED) is 0.607. The molecule has 0 aliphatic heterocycles. The first-order valence-corrected chi connectivity index (χ1v) is 5.33. The fourth-order valence-electron chi connectivity index (χ4n) is 2.00. The van der Waals surface area contributed by atoms with Gasteiger partial charge in [0.1, 0.15) is 11.8 Å². The van der Waals surface area contributed by atoms with E-state index in [1.807, 2.05) is 6.07 Å². The first-order valence-electron chi connectivity index (χ1n) is 4.95. The van der Waals surface area contributed by atoms with E-state index in [-0.39, 0.29) is 11.5 Å². The Morgan fingerprint density at radius 2 is 1.88 bits per heavy atom. The van der Waals surface area contributed by atoms with Gasteiger partial charge in [0.25, 0.3) is 0 Å². The van der Waals surface area contributed by atoms with Crippen LogP contribution in [0.5, 0.6) is 0 Å². The monoisotopic (exact) mass is 240 g/mol. The van der Waals surface area contributed by atoms with Gasteiger partial charge in [-0.2, -0.15) is 5.26 Å². The predicted molar refractivity (Wildman–Crippen MR) is 62.8 cm³/mol. The molecule has 1 aliphatic carbocycles. The third-order valence-corrected chi connectivity index (χ3v) is 3.01. The van der Waals surface area contributed by atoms with Crippen LogP contribution in [-0.4, -0.2) is 10.8 Å². The predicted octanol–water partition coefficient (Wildman–Crippen LogP) is 2.82. The van der Waals surface area contributed by atoms with E-state index in [1.54, 1.807) is 24.4 Å². The number of ketones is 1. The van der Waals surface area contributed by atoms with Crippen molar-refractivity contribution >= 4 is 17.4 Å². The summed E-state index contributed by atoms with van der Waals surface area (Å²) in [4.78, 5) is 16.1. The minimum Gasteiger partial charge on any atom is -0.289 e. The van der Waals surface area contributed by atoms with Gasteiger partial charge in [0.05, 0.1) is 0 Å². The molecule has 0 bridgehead atoms. The Kier molecular flexibility index (Phi) is 2.01. The molecule has 1 aliphatic rings. The van der Waals surface area contributed by atoms with Crippen molar-refractivity contribution < 1.29 is 4.79 Å². The van der Waals surface area contributed by atoms with Gasteiger partial charge in [-0.05, 0) is 23.8 Å². The maximum absolute atomic E-state index is 12.1. The first-order chi connectivity index (χ1) is 8.20. The van der Waals surface area contributed by atoms with Crippen LogP contribution in [-0.2, 0) is 0 Å². The van der Waals surface area contributed by atoms with Crippen molar-refractivity contribution in [1.82, 2.24) is 4.98 Å². The molecular weight excluding hydrogens is 236 g/mol. The molecule has 80 valence electrons. The maximum Gasteiger partial charge on any atom is 0.194 e. The van der Waals surface area contributed by atoms with E-state index in [9.17, 15) is 4.79 Å². The number of carbonyl (C=O) groups excluding carboxylic acids is 1. The van der Waals surface area contributed by atoms with Gasteiger partial charge in [0.2, 0.25) is 0 Å². The Labute approximate surface area is 102 Å². The second-order valence-corrected chi connectivity index (χ2v) is 4.18. The summed E-state index contributed by atoms with van der Waals surface area (Å²) in [7, 11) is 0. The molecule has 0 N–H and O–H groups in total. The van der Waals surface area contributed by atoms with E-state index in [4.69, 9.17) is 16.9 Å². The van der Waals surface area contributed by atoms with E-state index < -0.39 is 0 Å². The molecule has 0 spiro atoms. The molecule has 1 aromatic heterocycles. The van der Waals surface area contributed by atoms with Crippen molar-refractivity contribution in [2.75, 3.05) is 0 Å². The molecule has 1 heterocycles. The lowest BCUT2D eigenvalue weighted by Crippen LogP contribution is -1.96. The van der Waals surface area contributed by atoms with E-state index in [0.717, 1.165) is 11.1 Å². The van der Waals surface area contributed by atoms with Crippen LogP contribution in [0.1, 0.15) is 21.6 Å². The number of carbonyl (C=O) groups is 1. The Morgan fingerprint density at radius 1 is 1.12 bits per heavy atom. The third-order valence-electron chi connectivity index (χ3n) is 2.78. The van der Waals surface area contributed by atoms with Crippen LogP contribution in [0.2, 0.25) is 5.02 Å². The molecule has 0 atom stereocenters. The summed E-state index contributed by atoms with van der Waals surface area (Å²) in [6.07, 6.45) is 1.56. The van der Waals surface area contributed by atoms with Crippen molar-refractivity contribution in [2.45, 2.75) is 0 Å². The molecule has 0 radical (unpaired) electrons. The Hall–Kier alpha value is -2.18. The van der Waals surface area contributed by atoms with Gasteiger partial charge < -0.3 is 0 Å². The molecule has 0 amide bonds. The summed E-state index contributed by atoms with van der Waals surface area (Å²) in [5, 5.41) is 9.30. The Bertz CT molecular complexity index is 701. The smallest absolute Gasteiger partial charge is 0.194 e. The number of pyridine rings is 1. The highest BCUT2D eigenvalue weighted by Crippen LogP contribution is 2.37. The number of benzene rings is 1. The number of nitrogens with zero attached hydrogens (tertiary/aromatic N) is 2. The van der Waals surface area contributed by atoms with Gasteiger partial charge in [-0.25, -0.2) is 4.98 Å². The van der Waals surface area contributed by atoms with Crippen molar-refractivity contribution in [1.29, 1.82) is 5.26 Å². The highest BCUT2D eigenvalue weighted by atomic mass is 35.5. The normalized spacial score (nSPS) is 11.9. The molecule has 4 heteroatoms. The van der Waals surface area contributed by atoms with Crippen LogP contribution in [0.15, 0.2) is 30.5 Å². The summed E-state index contributed by atoms with van der Waals surface area (Å²) in [6, 6.07) is 8.63. The highest BCUT2D eigenvalue weighted by molar-refractivity contribution is 6.32. The highest BCUT2D eigenvalue weighted by Gasteiger charge is 2.27. The topological polar surface area (TPSA) is 53.8 Å². The van der Waals surface area contributed by atoms with Crippen molar-refractivity contribution in [2.24, 2.45) is 0 Å². The van der Waals surface area contributed by atoms with Crippen LogP contribution in [0.3, 0.4) is 0 Å². The van der Waals surface area contributed by atoms with Gasteiger partial charge in [-0.3, -0.25) is 4.79 Å². The zero-order valence-electron chi connectivity index (χ0n) is 8.57. The average molecular weight is 241 g/mol. The van der Waals surface area contributed by atoms with Crippen LogP contribution >= 0.6 is 11.6 Å². The number of nitriles is 1. The molecular formula is C13H5ClN2O. The largest absolute Gasteiger partial charge is 0.289 e. The minimum atomic E-state index is -0.101. The van der Waals surface area contributed by atoms with Crippen LogP contribution in [0.25, 0.3) is 11.1 Å². The number of fused-ring (bicyclic) bond motifs is 3. The summed E-state index contributed by atoms with van der Waals surface area (Å²) in [5.74, 6) is -0.101. The molecule has 2 aromatic rings. The zero-order chi connectivity index (χ0) is 12.0. The van der Waals surface area contributed by atoms with Gasteiger partial charge in [0.15, 0.2) is 5.78 Å². The molecule has 3 rings (SSSR count). The fraction of sp³-hybridized carbons (Fsp3) is 0. The lowest BCUT2D eigenvalue weighted by molar-refractivity contribution is 0.104. The lowest BCUT2D eigenvalue weighted by Gasteiger charge is -1.98. The van der Waals surface area contributed by atoms with E-state index in [2.05, 4.69) is 4.98 Å². The number of halogens is 1. The number of hydrogen-bond acceptors (Lipinski definition) is 3. The van der Waals surface area contributed by atoms with E-state index >= 15 is 0 Å². The number of aromatic nitrogens is 1. The molecule has 0 unspecified atom stereocenters. The molecule has 0 fully saturated rings. The number of hydrogen-bond donors (Lipinski definition) is 0. The summed E-state index contributed by atoms with van der Waals surface area (Å²) < 4.78 is 0. The third kappa shape index (κ3) is 1.35. The molecule has 0 saturated carbocycles. The van der Waals surface area contributed by atoms with E-state index in [0.29, 0.717) is 16.1 Å². The molecule has 1 aromatic carbocycles. The number of rotatable bonds is 0. The van der Waals surface area contributed by atoms with Crippen LogP contribution < -0.4 is 0 Å². The van der Waals surface area contributed by atoms with Crippen LogP contribution in [0.4, 0.5) is 0 Å². The maximum atomic E-state index is 12.1. The Balaban J connectivity index is 2.31. The summed E-state index contributed by atoms with van der Waals surface area (Å²) in [5.41, 5.74) is 2.93.